The van der Waals surface area contributed by atoms with E-state index in [9.17, 15) is 14.4 Å². The molecule has 7 heteroatoms. The summed E-state index contributed by atoms with van der Waals surface area (Å²) in [4.78, 5) is 36.5. The number of carbonyl (C=O) groups is 3. The molecule has 0 bridgehead atoms. The topological polar surface area (TPSA) is 72.9 Å². The van der Waals surface area contributed by atoms with Crippen LogP contribution in [-0.2, 0) is 14.3 Å². The van der Waals surface area contributed by atoms with E-state index < -0.39 is 17.1 Å². The molecule has 2 rings (SSSR count). The van der Waals surface area contributed by atoms with Gasteiger partial charge in [0.25, 0.3) is 11.1 Å². The minimum Gasteiger partial charge on any atom is -0.497 e. The molecule has 1 heterocycles. The summed E-state index contributed by atoms with van der Waals surface area (Å²) in [5.74, 6) is -0.334. The van der Waals surface area contributed by atoms with Gasteiger partial charge in [-0.25, -0.2) is 0 Å². The van der Waals surface area contributed by atoms with Gasteiger partial charge in [-0.05, 0) is 42.5 Å². The fourth-order valence-electron chi connectivity index (χ4n) is 1.95. The van der Waals surface area contributed by atoms with Gasteiger partial charge >= 0.3 is 5.97 Å². The van der Waals surface area contributed by atoms with Gasteiger partial charge in [0.15, 0.2) is 0 Å². The van der Waals surface area contributed by atoms with Crippen LogP contribution in [0.15, 0.2) is 41.3 Å². The average molecular weight is 347 g/mol. The summed E-state index contributed by atoms with van der Waals surface area (Å²) < 4.78 is 9.83. The Hall–Kier alpha value is -2.54. The fraction of sp³-hybridized carbons (Fsp3) is 0.235. The van der Waals surface area contributed by atoms with Crippen LogP contribution in [0.5, 0.6) is 5.75 Å². The van der Waals surface area contributed by atoms with Gasteiger partial charge in [0, 0.05) is 0 Å². The molecule has 1 fully saturated rings. The summed E-state index contributed by atoms with van der Waals surface area (Å²) >= 11 is 0.803. The molecule has 0 atom stereocenters. The molecule has 1 aromatic carbocycles. The highest BCUT2D eigenvalue weighted by atomic mass is 32.2. The molecule has 0 unspecified atom stereocenters. The lowest BCUT2D eigenvalue weighted by molar-refractivity contribution is -0.146. The third-order valence-corrected chi connectivity index (χ3v) is 4.04. The first kappa shape index (κ1) is 17.8. The Morgan fingerprint density at radius 3 is 2.58 bits per heavy atom. The van der Waals surface area contributed by atoms with Crippen molar-refractivity contribution in [3.8, 4) is 5.75 Å². The quantitative estimate of drug-likeness (QED) is 0.582. The minimum absolute atomic E-state index is 0.204. The van der Waals surface area contributed by atoms with E-state index in [1.807, 2.05) is 24.3 Å². The number of hydrogen-bond acceptors (Lipinski definition) is 6. The van der Waals surface area contributed by atoms with Crippen molar-refractivity contribution in [2.24, 2.45) is 0 Å². The zero-order valence-corrected chi connectivity index (χ0v) is 14.2. The van der Waals surface area contributed by atoms with Crippen LogP contribution in [-0.4, -0.2) is 42.3 Å². The zero-order chi connectivity index (χ0) is 17.5. The molecule has 6 nitrogen and oxygen atoms in total. The Morgan fingerprint density at radius 2 is 1.96 bits per heavy atom. The highest BCUT2D eigenvalue weighted by molar-refractivity contribution is 8.18. The van der Waals surface area contributed by atoms with Crippen molar-refractivity contribution in [2.75, 3.05) is 20.3 Å². The van der Waals surface area contributed by atoms with Crippen LogP contribution in [0.4, 0.5) is 4.79 Å². The Morgan fingerprint density at radius 1 is 1.25 bits per heavy atom. The van der Waals surface area contributed by atoms with E-state index in [1.165, 1.54) is 0 Å². The zero-order valence-electron chi connectivity index (χ0n) is 13.4. The average Bonchev–Trinajstić information content (AvgIpc) is 2.83. The van der Waals surface area contributed by atoms with Gasteiger partial charge in [-0.15, -0.1) is 0 Å². The summed E-state index contributed by atoms with van der Waals surface area (Å²) in [5.41, 5.74) is 0.929. The second-order valence-corrected chi connectivity index (χ2v) is 5.72. The molecule has 0 saturated carbocycles. The van der Waals surface area contributed by atoms with E-state index in [-0.39, 0.29) is 18.1 Å². The van der Waals surface area contributed by atoms with Crippen molar-refractivity contribution in [1.82, 2.24) is 4.90 Å². The third-order valence-electron chi connectivity index (χ3n) is 3.12. The van der Waals surface area contributed by atoms with Gasteiger partial charge < -0.3 is 9.47 Å². The van der Waals surface area contributed by atoms with E-state index in [0.29, 0.717) is 0 Å². The number of methoxy groups -OCH3 is 1. The van der Waals surface area contributed by atoms with Crippen LogP contribution in [0, 0.1) is 0 Å². The van der Waals surface area contributed by atoms with E-state index >= 15 is 0 Å². The predicted octanol–water partition coefficient (Wildman–Crippen LogP) is 2.85. The summed E-state index contributed by atoms with van der Waals surface area (Å²) in [7, 11) is 1.59. The molecule has 0 aromatic heterocycles. The smallest absolute Gasteiger partial charge is 0.326 e. The van der Waals surface area contributed by atoms with Gasteiger partial charge in [-0.3, -0.25) is 19.3 Å². The van der Waals surface area contributed by atoms with E-state index in [2.05, 4.69) is 0 Å². The van der Waals surface area contributed by atoms with Gasteiger partial charge in [0.2, 0.25) is 0 Å². The first-order valence-electron chi connectivity index (χ1n) is 7.27. The number of esters is 1. The SMILES string of the molecule is CCOC(=O)CN1C(=O)S/C(=C/C=C/c2ccc(OC)cc2)C1=O. The molecule has 0 spiro atoms. The Kier molecular flexibility index (Phi) is 6.20. The molecule has 1 saturated heterocycles. The molecule has 1 aromatic rings. The second-order valence-electron chi connectivity index (χ2n) is 4.73. The number of hydrogen-bond donors (Lipinski definition) is 0. The monoisotopic (exact) mass is 347 g/mol. The summed E-state index contributed by atoms with van der Waals surface area (Å²) in [5, 5.41) is -0.475. The molecule has 24 heavy (non-hydrogen) atoms. The normalized spacial score (nSPS) is 16.2. The predicted molar refractivity (Wildman–Crippen MR) is 91.4 cm³/mol. The van der Waals surface area contributed by atoms with Crippen molar-refractivity contribution in [3.63, 3.8) is 0 Å². The maximum absolute atomic E-state index is 12.1. The van der Waals surface area contributed by atoms with Crippen molar-refractivity contribution >= 4 is 35.0 Å². The highest BCUT2D eigenvalue weighted by Crippen LogP contribution is 2.30. The summed E-state index contributed by atoms with van der Waals surface area (Å²) in [6, 6.07) is 7.39. The number of thioether (sulfide) groups is 1. The number of nitrogens with zero attached hydrogens (tertiary/aromatic N) is 1. The van der Waals surface area contributed by atoms with Gasteiger partial charge in [-0.1, -0.05) is 24.3 Å². The summed E-state index contributed by atoms with van der Waals surface area (Å²) in [6.07, 6.45) is 5.04. The number of benzene rings is 1. The molecule has 0 radical (unpaired) electrons. The van der Waals surface area contributed by atoms with E-state index in [4.69, 9.17) is 9.47 Å². The first-order chi connectivity index (χ1) is 11.5. The van der Waals surface area contributed by atoms with Crippen molar-refractivity contribution in [3.05, 3.63) is 46.9 Å². The van der Waals surface area contributed by atoms with Crippen LogP contribution < -0.4 is 4.74 Å². The lowest BCUT2D eigenvalue weighted by atomic mass is 10.2. The fourth-order valence-corrected chi connectivity index (χ4v) is 2.74. The van der Waals surface area contributed by atoms with Crippen LogP contribution in [0.1, 0.15) is 12.5 Å². The molecule has 1 aliphatic rings. The minimum atomic E-state index is -0.602. The lowest BCUT2D eigenvalue weighted by Gasteiger charge is -2.10. The summed E-state index contributed by atoms with van der Waals surface area (Å²) in [6.45, 7) is 1.50. The van der Waals surface area contributed by atoms with Crippen molar-refractivity contribution < 1.29 is 23.9 Å². The van der Waals surface area contributed by atoms with Gasteiger partial charge in [0.1, 0.15) is 12.3 Å². The molecule has 0 N–H and O–H groups in total. The molecule has 126 valence electrons. The van der Waals surface area contributed by atoms with Crippen LogP contribution >= 0.6 is 11.8 Å². The second kappa shape index (κ2) is 8.35. The molecular formula is C17H17NO5S. The number of amides is 2. The standard InChI is InChI=1S/C17H17NO5S/c1-3-23-15(19)11-18-16(20)14(24-17(18)21)6-4-5-12-7-9-13(22-2)10-8-12/h4-10H,3,11H2,1-2H3/b5-4+,14-6+. The van der Waals surface area contributed by atoms with Gasteiger partial charge in [0.05, 0.1) is 18.6 Å². The van der Waals surface area contributed by atoms with Crippen molar-refractivity contribution in [2.45, 2.75) is 6.92 Å². The Labute approximate surface area is 144 Å². The third kappa shape index (κ3) is 4.48. The lowest BCUT2D eigenvalue weighted by Crippen LogP contribution is -2.34. The number of carbonyl (C=O) groups excluding carboxylic acids is 3. The number of rotatable bonds is 6. The van der Waals surface area contributed by atoms with Gasteiger partial charge in [-0.2, -0.15) is 0 Å². The van der Waals surface area contributed by atoms with E-state index in [0.717, 1.165) is 28.0 Å². The highest BCUT2D eigenvalue weighted by Gasteiger charge is 2.36. The first-order valence-corrected chi connectivity index (χ1v) is 8.08. The largest absolute Gasteiger partial charge is 0.497 e. The molecule has 1 aliphatic heterocycles. The number of ether oxygens (including phenoxy) is 2. The maximum atomic E-state index is 12.1. The maximum Gasteiger partial charge on any atom is 0.326 e. The molecule has 0 aliphatic carbocycles. The van der Waals surface area contributed by atoms with Crippen molar-refractivity contribution in [1.29, 1.82) is 0 Å². The molecular weight excluding hydrogens is 330 g/mol. The Balaban J connectivity index is 2.02. The number of imide groups is 1. The van der Waals surface area contributed by atoms with Crippen LogP contribution in [0.25, 0.3) is 6.08 Å². The van der Waals surface area contributed by atoms with Crippen LogP contribution in [0.2, 0.25) is 0 Å². The molecule has 2 amide bonds. The van der Waals surface area contributed by atoms with Crippen LogP contribution in [0.3, 0.4) is 0 Å². The Bertz CT molecular complexity index is 693. The van der Waals surface area contributed by atoms with E-state index in [1.54, 1.807) is 32.3 Å². The number of allylic oxidation sites excluding steroid dienone is 2.